The number of halogens is 3. The van der Waals surface area contributed by atoms with Crippen LogP contribution in [0.15, 0.2) is 54.6 Å². The Balaban J connectivity index is 1.62. The van der Waals surface area contributed by atoms with E-state index in [4.69, 9.17) is 9.47 Å². The maximum absolute atomic E-state index is 12.1. The number of rotatable bonds is 10. The van der Waals surface area contributed by atoms with Gasteiger partial charge in [0, 0.05) is 6.42 Å². The zero-order valence-corrected chi connectivity index (χ0v) is 14.3. The van der Waals surface area contributed by atoms with E-state index in [-0.39, 0.29) is 13.0 Å². The predicted octanol–water partition coefficient (Wildman–Crippen LogP) is 4.99. The molecular weight excluding hydrogens is 345 g/mol. The number of ketones is 1. The highest BCUT2D eigenvalue weighted by Gasteiger charge is 2.37. The summed E-state index contributed by atoms with van der Waals surface area (Å²) in [4.78, 5) is 10.7. The second-order valence-corrected chi connectivity index (χ2v) is 5.78. The van der Waals surface area contributed by atoms with Crippen LogP contribution in [0, 0.1) is 0 Å². The largest absolute Gasteiger partial charge is 0.494 e. The molecule has 0 aromatic heterocycles. The second kappa shape index (κ2) is 9.85. The van der Waals surface area contributed by atoms with Crippen molar-refractivity contribution in [3.63, 3.8) is 0 Å². The average Bonchev–Trinajstić information content (AvgIpc) is 2.63. The molecule has 0 heterocycles. The Labute approximate surface area is 150 Å². The van der Waals surface area contributed by atoms with Crippen molar-refractivity contribution in [1.29, 1.82) is 0 Å². The lowest BCUT2D eigenvalue weighted by Gasteiger charge is -2.09. The fourth-order valence-electron chi connectivity index (χ4n) is 2.31. The first-order chi connectivity index (χ1) is 12.4. The molecule has 26 heavy (non-hydrogen) atoms. The first kappa shape index (κ1) is 19.8. The van der Waals surface area contributed by atoms with Gasteiger partial charge in [-0.3, -0.25) is 4.79 Å². The minimum atomic E-state index is -4.76. The normalized spacial score (nSPS) is 11.2. The molecule has 2 rings (SSSR count). The zero-order chi connectivity index (χ0) is 18.8. The van der Waals surface area contributed by atoms with Gasteiger partial charge >= 0.3 is 6.18 Å². The molecule has 0 aliphatic carbocycles. The topological polar surface area (TPSA) is 35.5 Å². The van der Waals surface area contributed by atoms with Gasteiger partial charge in [0.05, 0.1) is 13.2 Å². The molecule has 0 atom stereocenters. The van der Waals surface area contributed by atoms with Crippen molar-refractivity contribution in [1.82, 2.24) is 0 Å². The summed E-state index contributed by atoms with van der Waals surface area (Å²) >= 11 is 0. The van der Waals surface area contributed by atoms with Gasteiger partial charge in [-0.15, -0.1) is 0 Å². The van der Waals surface area contributed by atoms with Crippen molar-refractivity contribution < 1.29 is 27.4 Å². The van der Waals surface area contributed by atoms with E-state index in [1.807, 2.05) is 18.2 Å². The second-order valence-electron chi connectivity index (χ2n) is 5.78. The molecule has 0 saturated heterocycles. The molecule has 0 aliphatic rings. The number of hydrogen-bond donors (Lipinski definition) is 0. The number of alkyl halides is 3. The van der Waals surface area contributed by atoms with Crippen LogP contribution in [0.4, 0.5) is 13.2 Å². The molecule has 140 valence electrons. The molecule has 0 radical (unpaired) electrons. The number of carbonyl (C=O) groups excluding carboxylic acids is 1. The maximum atomic E-state index is 12.1. The van der Waals surface area contributed by atoms with Crippen LogP contribution in [-0.4, -0.2) is 25.2 Å². The van der Waals surface area contributed by atoms with Crippen molar-refractivity contribution in [3.8, 4) is 11.5 Å². The van der Waals surface area contributed by atoms with E-state index in [1.54, 1.807) is 24.3 Å². The van der Waals surface area contributed by atoms with Crippen LogP contribution in [0.25, 0.3) is 0 Å². The molecule has 0 fully saturated rings. The Bertz CT molecular complexity index is 667. The van der Waals surface area contributed by atoms with Crippen LogP contribution >= 0.6 is 0 Å². The summed E-state index contributed by atoms with van der Waals surface area (Å²) in [5.74, 6) is -0.487. The van der Waals surface area contributed by atoms with Gasteiger partial charge in [-0.2, -0.15) is 13.2 Å². The standard InChI is InChI=1S/C20H21F3O3/c21-20(22,23)19(24)9-5-15-26-18-12-10-17(11-13-18)25-14-4-8-16-6-2-1-3-7-16/h1-3,6-7,10-13H,4-5,8-9,14-15H2. The maximum Gasteiger partial charge on any atom is 0.449 e. The lowest BCUT2D eigenvalue weighted by atomic mass is 10.1. The minimum absolute atomic E-state index is 0.0239. The van der Waals surface area contributed by atoms with E-state index in [0.717, 1.165) is 12.8 Å². The van der Waals surface area contributed by atoms with Gasteiger partial charge in [0.15, 0.2) is 0 Å². The Hall–Kier alpha value is -2.50. The van der Waals surface area contributed by atoms with Crippen LogP contribution in [0.1, 0.15) is 24.8 Å². The molecule has 0 spiro atoms. The van der Waals surface area contributed by atoms with Crippen molar-refractivity contribution >= 4 is 5.78 Å². The quantitative estimate of drug-likeness (QED) is 0.556. The summed E-state index contributed by atoms with van der Waals surface area (Å²) in [6, 6.07) is 17.0. The summed E-state index contributed by atoms with van der Waals surface area (Å²) in [6.45, 7) is 0.647. The monoisotopic (exact) mass is 366 g/mol. The van der Waals surface area contributed by atoms with E-state index in [9.17, 15) is 18.0 Å². The van der Waals surface area contributed by atoms with Gasteiger partial charge in [-0.25, -0.2) is 0 Å². The Morgan fingerprint density at radius 2 is 1.35 bits per heavy atom. The van der Waals surface area contributed by atoms with Crippen molar-refractivity contribution in [2.24, 2.45) is 0 Å². The number of Topliss-reactive ketones (excluding diaryl/α,β-unsaturated/α-hetero) is 1. The van der Waals surface area contributed by atoms with Gasteiger partial charge in [0.1, 0.15) is 11.5 Å². The SMILES string of the molecule is O=C(CCCOc1ccc(OCCCc2ccccc2)cc1)C(F)(F)F. The lowest BCUT2D eigenvalue weighted by Crippen LogP contribution is -2.22. The van der Waals surface area contributed by atoms with E-state index < -0.39 is 18.4 Å². The predicted molar refractivity (Wildman–Crippen MR) is 92.5 cm³/mol. The van der Waals surface area contributed by atoms with Gasteiger partial charge in [0.25, 0.3) is 0 Å². The number of ether oxygens (including phenoxy) is 2. The van der Waals surface area contributed by atoms with Crippen LogP contribution in [-0.2, 0) is 11.2 Å². The molecule has 6 heteroatoms. The third kappa shape index (κ3) is 7.17. The fraction of sp³-hybridized carbons (Fsp3) is 0.350. The molecular formula is C20H21F3O3. The van der Waals surface area contributed by atoms with E-state index >= 15 is 0 Å². The third-order valence-electron chi connectivity index (χ3n) is 3.68. The third-order valence-corrected chi connectivity index (χ3v) is 3.68. The minimum Gasteiger partial charge on any atom is -0.494 e. The molecule has 0 bridgehead atoms. The first-order valence-corrected chi connectivity index (χ1v) is 8.45. The van der Waals surface area contributed by atoms with Crippen LogP contribution in [0.5, 0.6) is 11.5 Å². The van der Waals surface area contributed by atoms with Crippen LogP contribution in [0.3, 0.4) is 0 Å². The fourth-order valence-corrected chi connectivity index (χ4v) is 2.31. The lowest BCUT2D eigenvalue weighted by molar-refractivity contribution is -0.171. The molecule has 2 aromatic carbocycles. The Morgan fingerprint density at radius 3 is 1.88 bits per heavy atom. The summed E-state index contributed by atoms with van der Waals surface area (Å²) < 4.78 is 47.2. The molecule has 0 saturated carbocycles. The number of benzene rings is 2. The summed E-state index contributed by atoms with van der Waals surface area (Å²) in [5, 5.41) is 0. The van der Waals surface area contributed by atoms with Crippen LogP contribution in [0.2, 0.25) is 0 Å². The number of carbonyl (C=O) groups is 1. The Kier molecular flexibility index (Phi) is 7.51. The van der Waals surface area contributed by atoms with E-state index in [0.29, 0.717) is 18.1 Å². The highest BCUT2D eigenvalue weighted by atomic mass is 19.4. The van der Waals surface area contributed by atoms with Gasteiger partial charge in [-0.05, 0) is 49.1 Å². The summed E-state index contributed by atoms with van der Waals surface area (Å²) in [7, 11) is 0. The Morgan fingerprint density at radius 1 is 0.808 bits per heavy atom. The molecule has 2 aromatic rings. The van der Waals surface area contributed by atoms with Crippen molar-refractivity contribution in [3.05, 3.63) is 60.2 Å². The van der Waals surface area contributed by atoms with Crippen molar-refractivity contribution in [2.75, 3.05) is 13.2 Å². The average molecular weight is 366 g/mol. The van der Waals surface area contributed by atoms with E-state index in [1.165, 1.54) is 5.56 Å². The highest BCUT2D eigenvalue weighted by Crippen LogP contribution is 2.20. The van der Waals surface area contributed by atoms with Gasteiger partial charge in [0.2, 0.25) is 5.78 Å². The zero-order valence-electron chi connectivity index (χ0n) is 14.3. The molecule has 0 unspecified atom stereocenters. The van der Waals surface area contributed by atoms with Crippen LogP contribution < -0.4 is 9.47 Å². The summed E-state index contributed by atoms with van der Waals surface area (Å²) in [5.41, 5.74) is 1.27. The van der Waals surface area contributed by atoms with E-state index in [2.05, 4.69) is 12.1 Å². The van der Waals surface area contributed by atoms with Gasteiger partial charge < -0.3 is 9.47 Å². The molecule has 0 amide bonds. The summed E-state index contributed by atoms with van der Waals surface area (Å²) in [6.07, 6.45) is -3.46. The smallest absolute Gasteiger partial charge is 0.449 e. The number of hydrogen-bond acceptors (Lipinski definition) is 3. The molecule has 0 aliphatic heterocycles. The highest BCUT2D eigenvalue weighted by molar-refractivity contribution is 5.83. The first-order valence-electron chi connectivity index (χ1n) is 8.45. The number of aryl methyl sites for hydroxylation is 1. The molecule has 3 nitrogen and oxygen atoms in total. The van der Waals surface area contributed by atoms with Crippen molar-refractivity contribution in [2.45, 2.75) is 31.9 Å². The molecule has 0 N–H and O–H groups in total. The van der Waals surface area contributed by atoms with Gasteiger partial charge in [-0.1, -0.05) is 30.3 Å².